The van der Waals surface area contributed by atoms with Gasteiger partial charge in [0.25, 0.3) is 0 Å². The molecule has 0 spiro atoms. The first-order chi connectivity index (χ1) is 12.5. The van der Waals surface area contributed by atoms with Crippen molar-refractivity contribution in [3.8, 4) is 5.69 Å². The van der Waals surface area contributed by atoms with Crippen molar-refractivity contribution >= 4 is 0 Å². The number of rotatable bonds is 4. The topological polar surface area (TPSA) is 42.7 Å². The molecule has 1 atom stereocenters. The summed E-state index contributed by atoms with van der Waals surface area (Å²) in [7, 11) is 0. The Morgan fingerprint density at radius 1 is 1.23 bits per heavy atom. The molecule has 4 nitrogen and oxygen atoms in total. The molecule has 2 aromatic heterocycles. The third-order valence-electron chi connectivity index (χ3n) is 4.99. The van der Waals surface area contributed by atoms with Gasteiger partial charge in [0.15, 0.2) is 0 Å². The summed E-state index contributed by atoms with van der Waals surface area (Å²) in [5.41, 5.74) is 4.29. The van der Waals surface area contributed by atoms with Crippen molar-refractivity contribution in [2.24, 2.45) is 5.41 Å². The molecule has 134 valence electrons. The predicted octanol–water partition coefficient (Wildman–Crippen LogP) is 4.21. The number of benzene rings is 1. The van der Waals surface area contributed by atoms with Crippen LogP contribution in [0.1, 0.15) is 43.3 Å². The van der Waals surface area contributed by atoms with Crippen LogP contribution in [0.3, 0.4) is 0 Å². The van der Waals surface area contributed by atoms with E-state index in [-0.39, 0.29) is 17.3 Å². The fourth-order valence-corrected chi connectivity index (χ4v) is 3.79. The number of nitrogens with zero attached hydrogens (tertiary/aromatic N) is 3. The molecule has 4 rings (SSSR count). The van der Waals surface area contributed by atoms with Crippen LogP contribution in [0.5, 0.6) is 0 Å². The van der Waals surface area contributed by atoms with Crippen LogP contribution < -0.4 is 5.32 Å². The molecular formula is C21H23FN4. The zero-order valence-corrected chi connectivity index (χ0v) is 15.1. The van der Waals surface area contributed by atoms with Crippen molar-refractivity contribution in [3.05, 3.63) is 77.6 Å². The average molecular weight is 350 g/mol. The monoisotopic (exact) mass is 350 g/mol. The predicted molar refractivity (Wildman–Crippen MR) is 99.4 cm³/mol. The quantitative estimate of drug-likeness (QED) is 0.766. The second kappa shape index (κ2) is 6.65. The second-order valence-electron chi connectivity index (χ2n) is 7.74. The van der Waals surface area contributed by atoms with E-state index in [4.69, 9.17) is 0 Å². The lowest BCUT2D eigenvalue weighted by Crippen LogP contribution is -2.33. The summed E-state index contributed by atoms with van der Waals surface area (Å²) in [5.74, 6) is -0.244. The molecule has 26 heavy (non-hydrogen) atoms. The normalized spacial score (nSPS) is 18.5. The standard InChI is InChI=1S/C21H23FN4/c1-21(2)11-19(24-13-16-7-3-4-9-23-16)18-14-25-26(20(18)12-21)17-8-5-6-15(22)10-17/h3-10,14,19,24H,11-13H2,1-2H3. The second-order valence-corrected chi connectivity index (χ2v) is 7.74. The van der Waals surface area contributed by atoms with Crippen molar-refractivity contribution < 1.29 is 4.39 Å². The summed E-state index contributed by atoms with van der Waals surface area (Å²) in [6.07, 6.45) is 5.68. The number of halogens is 1. The Hall–Kier alpha value is -2.53. The van der Waals surface area contributed by atoms with E-state index in [1.807, 2.05) is 41.3 Å². The van der Waals surface area contributed by atoms with Gasteiger partial charge in [-0.1, -0.05) is 26.0 Å². The Balaban J connectivity index is 1.65. The molecule has 0 aliphatic heterocycles. The maximum absolute atomic E-state index is 13.7. The van der Waals surface area contributed by atoms with Gasteiger partial charge in [-0.05, 0) is 48.6 Å². The van der Waals surface area contributed by atoms with Crippen molar-refractivity contribution in [3.63, 3.8) is 0 Å². The Labute approximate surface area is 153 Å². The van der Waals surface area contributed by atoms with Crippen molar-refractivity contribution in [2.45, 2.75) is 39.3 Å². The van der Waals surface area contributed by atoms with Crippen molar-refractivity contribution in [1.82, 2.24) is 20.1 Å². The highest BCUT2D eigenvalue weighted by atomic mass is 19.1. The third-order valence-corrected chi connectivity index (χ3v) is 4.99. The van der Waals surface area contributed by atoms with Crippen LogP contribution in [0.25, 0.3) is 5.69 Å². The summed E-state index contributed by atoms with van der Waals surface area (Å²) in [4.78, 5) is 4.39. The van der Waals surface area contributed by atoms with E-state index in [1.165, 1.54) is 17.7 Å². The van der Waals surface area contributed by atoms with E-state index in [0.29, 0.717) is 6.54 Å². The van der Waals surface area contributed by atoms with Crippen LogP contribution in [0.15, 0.2) is 54.9 Å². The van der Waals surface area contributed by atoms with E-state index < -0.39 is 0 Å². The molecule has 2 heterocycles. The smallest absolute Gasteiger partial charge is 0.125 e. The Bertz CT molecular complexity index is 901. The minimum atomic E-state index is -0.244. The molecule has 1 unspecified atom stereocenters. The lowest BCUT2D eigenvalue weighted by Gasteiger charge is -2.36. The fraction of sp³-hybridized carbons (Fsp3) is 0.333. The van der Waals surface area contributed by atoms with Crippen LogP contribution in [-0.2, 0) is 13.0 Å². The maximum Gasteiger partial charge on any atom is 0.125 e. The first kappa shape index (κ1) is 16.9. The molecular weight excluding hydrogens is 327 g/mol. The Kier molecular flexibility index (Phi) is 4.32. The largest absolute Gasteiger partial charge is 0.304 e. The van der Waals surface area contributed by atoms with Gasteiger partial charge in [0.05, 0.1) is 17.6 Å². The van der Waals surface area contributed by atoms with Gasteiger partial charge in [-0.2, -0.15) is 5.10 Å². The molecule has 5 heteroatoms. The van der Waals surface area contributed by atoms with Gasteiger partial charge >= 0.3 is 0 Å². The first-order valence-corrected chi connectivity index (χ1v) is 8.98. The van der Waals surface area contributed by atoms with Crippen LogP contribution in [0.2, 0.25) is 0 Å². The molecule has 1 aliphatic carbocycles. The molecule has 1 N–H and O–H groups in total. The van der Waals surface area contributed by atoms with Gasteiger partial charge in [-0.15, -0.1) is 0 Å². The Morgan fingerprint density at radius 3 is 2.88 bits per heavy atom. The van der Waals surface area contributed by atoms with E-state index in [2.05, 4.69) is 29.2 Å². The molecule has 0 bridgehead atoms. The highest BCUT2D eigenvalue weighted by molar-refractivity contribution is 5.38. The van der Waals surface area contributed by atoms with E-state index >= 15 is 0 Å². The van der Waals surface area contributed by atoms with Gasteiger partial charge in [0.1, 0.15) is 5.82 Å². The molecule has 0 saturated heterocycles. The zero-order valence-electron chi connectivity index (χ0n) is 15.1. The summed E-state index contributed by atoms with van der Waals surface area (Å²) < 4.78 is 15.6. The van der Waals surface area contributed by atoms with Crippen LogP contribution in [0, 0.1) is 11.2 Å². The number of aromatic nitrogens is 3. The average Bonchev–Trinajstić information content (AvgIpc) is 3.03. The summed E-state index contributed by atoms with van der Waals surface area (Å²) in [5, 5.41) is 8.21. The summed E-state index contributed by atoms with van der Waals surface area (Å²) in [6.45, 7) is 5.26. The molecule has 3 aromatic rings. The SMILES string of the molecule is CC1(C)Cc2c(cnn2-c2cccc(F)c2)C(NCc2ccccn2)C1. The van der Waals surface area contributed by atoms with Crippen LogP contribution >= 0.6 is 0 Å². The van der Waals surface area contributed by atoms with Gasteiger partial charge in [-0.3, -0.25) is 4.98 Å². The highest BCUT2D eigenvalue weighted by Gasteiger charge is 2.35. The third kappa shape index (κ3) is 3.40. The molecule has 0 fully saturated rings. The van der Waals surface area contributed by atoms with E-state index in [0.717, 1.165) is 29.9 Å². The van der Waals surface area contributed by atoms with Crippen LogP contribution in [-0.4, -0.2) is 14.8 Å². The molecule has 1 aromatic carbocycles. The van der Waals surface area contributed by atoms with Crippen LogP contribution in [0.4, 0.5) is 4.39 Å². The molecule has 0 saturated carbocycles. The number of hydrogen-bond donors (Lipinski definition) is 1. The molecule has 0 amide bonds. The van der Waals surface area contributed by atoms with Crippen molar-refractivity contribution in [1.29, 1.82) is 0 Å². The van der Waals surface area contributed by atoms with Gasteiger partial charge < -0.3 is 5.32 Å². The Morgan fingerprint density at radius 2 is 2.12 bits per heavy atom. The number of pyridine rings is 1. The lowest BCUT2D eigenvalue weighted by atomic mass is 9.74. The number of fused-ring (bicyclic) bond motifs is 1. The highest BCUT2D eigenvalue weighted by Crippen LogP contribution is 2.41. The summed E-state index contributed by atoms with van der Waals surface area (Å²) in [6, 6.07) is 12.8. The molecule has 1 aliphatic rings. The lowest BCUT2D eigenvalue weighted by molar-refractivity contribution is 0.252. The van der Waals surface area contributed by atoms with Crippen molar-refractivity contribution in [2.75, 3.05) is 0 Å². The number of nitrogens with one attached hydrogen (secondary N) is 1. The van der Waals surface area contributed by atoms with Gasteiger partial charge in [-0.25, -0.2) is 9.07 Å². The minimum absolute atomic E-state index is 0.139. The van der Waals surface area contributed by atoms with Gasteiger partial charge in [0.2, 0.25) is 0 Å². The first-order valence-electron chi connectivity index (χ1n) is 8.98. The summed E-state index contributed by atoms with van der Waals surface area (Å²) >= 11 is 0. The van der Waals surface area contributed by atoms with E-state index in [1.54, 1.807) is 6.07 Å². The zero-order chi connectivity index (χ0) is 18.1. The maximum atomic E-state index is 13.7. The molecule has 0 radical (unpaired) electrons. The number of hydrogen-bond acceptors (Lipinski definition) is 3. The van der Waals surface area contributed by atoms with Gasteiger partial charge in [0, 0.05) is 30.0 Å². The van der Waals surface area contributed by atoms with E-state index in [9.17, 15) is 4.39 Å². The minimum Gasteiger partial charge on any atom is -0.304 e. The fourth-order valence-electron chi connectivity index (χ4n) is 3.79.